The van der Waals surface area contributed by atoms with E-state index in [2.05, 4.69) is 9.53 Å². The maximum atomic E-state index is 12.8. The molecule has 1 aromatic rings. The fourth-order valence-corrected chi connectivity index (χ4v) is 5.81. The second-order valence-electron chi connectivity index (χ2n) is 5.72. The Hall–Kier alpha value is -1.75. The van der Waals surface area contributed by atoms with Gasteiger partial charge in [0.05, 0.1) is 4.90 Å². The smallest absolute Gasteiger partial charge is 0.573 e. The summed E-state index contributed by atoms with van der Waals surface area (Å²) in [4.78, 5) is 2.07. The topological polar surface area (TPSA) is 120 Å². The van der Waals surface area contributed by atoms with Crippen molar-refractivity contribution in [1.29, 1.82) is 0 Å². The summed E-state index contributed by atoms with van der Waals surface area (Å²) in [5.41, 5.74) is 9.27. The predicted molar refractivity (Wildman–Crippen MR) is 83.7 cm³/mol. The summed E-state index contributed by atoms with van der Waals surface area (Å²) in [6.07, 6.45) is -3.68. The Balaban J connectivity index is 2.52. The zero-order chi connectivity index (χ0) is 19.6. The Morgan fingerprint density at radius 2 is 1.88 bits per heavy atom. The van der Waals surface area contributed by atoms with Gasteiger partial charge in [0, 0.05) is 0 Å². The number of ether oxygens (including phenoxy) is 1. The lowest BCUT2D eigenvalue weighted by Crippen LogP contribution is -2.48. The molecular formula is C14H14F3N2O5S2-. The molecule has 12 heteroatoms. The van der Waals surface area contributed by atoms with Gasteiger partial charge in [-0.3, -0.25) is 4.21 Å². The minimum absolute atomic E-state index is 0.0690. The first kappa shape index (κ1) is 20.6. The van der Waals surface area contributed by atoms with Crippen molar-refractivity contribution in [3.8, 4) is 5.75 Å². The first-order valence-corrected chi connectivity index (χ1v) is 10.0. The van der Waals surface area contributed by atoms with E-state index in [1.165, 1.54) is 0 Å². The molecule has 1 saturated carbocycles. The number of benzene rings is 1. The van der Waals surface area contributed by atoms with Crippen molar-refractivity contribution in [3.05, 3.63) is 29.8 Å². The van der Waals surface area contributed by atoms with Crippen LogP contribution in [-0.4, -0.2) is 38.1 Å². The van der Waals surface area contributed by atoms with Gasteiger partial charge in [0.15, 0.2) is 0 Å². The third kappa shape index (κ3) is 4.14. The Kier molecular flexibility index (Phi) is 5.91. The molecule has 2 rings (SSSR count). The first-order valence-electron chi connectivity index (χ1n) is 7.46. The fraction of sp³-hybridized carbons (Fsp3) is 0.500. The highest BCUT2D eigenvalue weighted by atomic mass is 32.2. The Morgan fingerprint density at radius 1 is 1.27 bits per heavy atom. The molecule has 1 aromatic carbocycles. The van der Waals surface area contributed by atoms with Crippen LogP contribution in [-0.2, 0) is 20.9 Å². The van der Waals surface area contributed by atoms with Crippen LogP contribution in [0.3, 0.4) is 0 Å². The molecule has 1 unspecified atom stereocenters. The summed E-state index contributed by atoms with van der Waals surface area (Å²) < 4.78 is 87.9. The maximum absolute atomic E-state index is 12.8. The van der Waals surface area contributed by atoms with Crippen molar-refractivity contribution in [2.75, 3.05) is 0 Å². The highest BCUT2D eigenvalue weighted by molar-refractivity contribution is 8.08. The Morgan fingerprint density at radius 3 is 2.38 bits per heavy atom. The van der Waals surface area contributed by atoms with Crippen LogP contribution in [0.4, 0.5) is 13.2 Å². The normalized spacial score (nSPS) is 18.6. The molecule has 0 amide bonds. The van der Waals surface area contributed by atoms with E-state index in [1.54, 1.807) is 0 Å². The van der Waals surface area contributed by atoms with Crippen LogP contribution >= 0.6 is 0 Å². The summed E-state index contributed by atoms with van der Waals surface area (Å²) in [7, 11) is -4.67. The molecule has 1 atom stereocenters. The van der Waals surface area contributed by atoms with Gasteiger partial charge >= 0.3 is 11.4 Å². The lowest BCUT2D eigenvalue weighted by atomic mass is 9.89. The number of rotatable bonds is 4. The lowest BCUT2D eigenvalue weighted by Gasteiger charge is -2.34. The van der Waals surface area contributed by atoms with E-state index in [4.69, 9.17) is 0 Å². The molecule has 1 fully saturated rings. The summed E-state index contributed by atoms with van der Waals surface area (Å²) in [5.74, 6) is -0.795. The third-order valence-electron chi connectivity index (χ3n) is 4.06. The highest BCUT2D eigenvalue weighted by Gasteiger charge is 2.52. The van der Waals surface area contributed by atoms with E-state index < -0.39 is 47.7 Å². The van der Waals surface area contributed by atoms with E-state index in [0.29, 0.717) is 25.3 Å². The number of hydrogen-bond acceptors (Lipinski definition) is 5. The molecule has 7 nitrogen and oxygen atoms in total. The molecule has 0 aromatic heterocycles. The van der Waals surface area contributed by atoms with E-state index in [1.807, 2.05) is 0 Å². The van der Waals surface area contributed by atoms with E-state index in [9.17, 15) is 35.9 Å². The van der Waals surface area contributed by atoms with Crippen LogP contribution in [0, 0.1) is 0 Å². The van der Waals surface area contributed by atoms with Crippen LogP contribution < -0.4 is 4.74 Å². The minimum atomic E-state index is -5.03. The number of nitrogens with zero attached hydrogens (tertiary/aromatic N) is 2. The van der Waals surface area contributed by atoms with Crippen molar-refractivity contribution in [2.24, 2.45) is 0 Å². The van der Waals surface area contributed by atoms with Crippen molar-refractivity contribution >= 4 is 26.0 Å². The monoisotopic (exact) mass is 411 g/mol. The highest BCUT2D eigenvalue weighted by Crippen LogP contribution is 2.37. The molecule has 0 saturated heterocycles. The largest absolute Gasteiger partial charge is 0.771 e. The number of hydrogen-bond donors (Lipinski definition) is 0. The van der Waals surface area contributed by atoms with Crippen LogP contribution in [0.1, 0.15) is 32.1 Å². The van der Waals surface area contributed by atoms with E-state index >= 15 is 0 Å². The predicted octanol–water partition coefficient (Wildman–Crippen LogP) is 2.57. The summed E-state index contributed by atoms with van der Waals surface area (Å²) in [5, 5.41) is -0.998. The Bertz CT molecular complexity index is 858. The molecule has 0 N–H and O–H groups in total. The molecule has 0 heterocycles. The lowest BCUT2D eigenvalue weighted by molar-refractivity contribution is -0.274. The van der Waals surface area contributed by atoms with Gasteiger partial charge in [0.1, 0.15) is 10.5 Å². The van der Waals surface area contributed by atoms with Gasteiger partial charge in [-0.1, -0.05) is 25.3 Å². The van der Waals surface area contributed by atoms with Gasteiger partial charge in [-0.25, -0.2) is 8.42 Å². The van der Waals surface area contributed by atoms with Crippen molar-refractivity contribution in [3.63, 3.8) is 0 Å². The molecule has 26 heavy (non-hydrogen) atoms. The molecule has 144 valence electrons. The van der Waals surface area contributed by atoms with E-state index in [0.717, 1.165) is 18.2 Å². The van der Waals surface area contributed by atoms with Crippen LogP contribution in [0.25, 0.3) is 5.53 Å². The molecule has 0 radical (unpaired) electrons. The molecule has 0 spiro atoms. The molecule has 1 aliphatic carbocycles. The zero-order valence-electron chi connectivity index (χ0n) is 13.2. The van der Waals surface area contributed by atoms with Gasteiger partial charge in [0.25, 0.3) is 9.84 Å². The summed E-state index contributed by atoms with van der Waals surface area (Å²) in [6.45, 7) is 0. The number of alkyl halides is 3. The van der Waals surface area contributed by atoms with Gasteiger partial charge in [-0.2, -0.15) is 4.79 Å². The zero-order valence-corrected chi connectivity index (χ0v) is 14.9. The second kappa shape index (κ2) is 7.47. The van der Waals surface area contributed by atoms with Crippen molar-refractivity contribution in [2.45, 2.75) is 48.1 Å². The first-order chi connectivity index (χ1) is 12.0. The van der Waals surface area contributed by atoms with Crippen molar-refractivity contribution in [1.82, 2.24) is 0 Å². The summed E-state index contributed by atoms with van der Waals surface area (Å²) in [6, 6.07) is 3.46. The van der Waals surface area contributed by atoms with Gasteiger partial charge in [-0.05, 0) is 42.1 Å². The third-order valence-corrected chi connectivity index (χ3v) is 7.29. The maximum Gasteiger partial charge on any atom is 0.573 e. The SMILES string of the molecule is [N-]=[N+]=C(C1(S(=O)[O-])CCCCC1)S(=O)(=O)c1cccc(OC(F)(F)F)c1. The standard InChI is InChI=1S/C14H15F3N2O5S2/c15-14(16,17)24-10-5-4-6-11(9-10)26(22,23)12(19-18)13(25(20)21)7-2-1-3-8-13/h4-6,9H,1-3,7-8H2,(H,20,21)/p-1. The second-order valence-corrected chi connectivity index (χ2v) is 8.84. The molecular weight excluding hydrogens is 397 g/mol. The van der Waals surface area contributed by atoms with E-state index in [-0.39, 0.29) is 12.8 Å². The van der Waals surface area contributed by atoms with Crippen LogP contribution in [0.5, 0.6) is 5.75 Å². The molecule has 1 aliphatic rings. The van der Waals surface area contributed by atoms with Gasteiger partial charge < -0.3 is 14.8 Å². The Labute approximate surface area is 150 Å². The van der Waals surface area contributed by atoms with Crippen LogP contribution in [0.2, 0.25) is 0 Å². The van der Waals surface area contributed by atoms with Crippen molar-refractivity contribution < 1.29 is 39.9 Å². The fourth-order valence-electron chi connectivity index (χ4n) is 2.91. The molecule has 0 aliphatic heterocycles. The number of halogens is 3. The van der Waals surface area contributed by atoms with Gasteiger partial charge in [-0.15, -0.1) is 13.2 Å². The summed E-state index contributed by atoms with van der Waals surface area (Å²) >= 11 is -2.91. The number of sulfone groups is 1. The quantitative estimate of drug-likeness (QED) is 0.248. The van der Waals surface area contributed by atoms with Crippen LogP contribution in [0.15, 0.2) is 29.2 Å². The average molecular weight is 411 g/mol. The molecule has 0 bridgehead atoms. The average Bonchev–Trinajstić information content (AvgIpc) is 2.54. The van der Waals surface area contributed by atoms with Gasteiger partial charge in [0.2, 0.25) is 0 Å². The minimum Gasteiger partial charge on any atom is -0.771 e.